The fourth-order valence-corrected chi connectivity index (χ4v) is 4.43. The van der Waals surface area contributed by atoms with Crippen LogP contribution in [0, 0.1) is 0 Å². The summed E-state index contributed by atoms with van der Waals surface area (Å²) >= 11 is 0. The Kier molecular flexibility index (Phi) is 11.5. The second kappa shape index (κ2) is 14.1. The van der Waals surface area contributed by atoms with Gasteiger partial charge in [-0.3, -0.25) is 0 Å². The quantitative estimate of drug-likeness (QED) is 0.331. The molecule has 0 heterocycles. The summed E-state index contributed by atoms with van der Waals surface area (Å²) < 4.78 is 38.7. The number of ether oxygens (including phenoxy) is 2. The van der Waals surface area contributed by atoms with Crippen molar-refractivity contribution in [2.75, 3.05) is 20.1 Å². The lowest BCUT2D eigenvalue weighted by Crippen LogP contribution is -2.34. The summed E-state index contributed by atoms with van der Waals surface area (Å²) in [6, 6.07) is 16.3. The maximum absolute atomic E-state index is 12.5. The third-order valence-corrected chi connectivity index (χ3v) is 6.78. The lowest BCUT2D eigenvalue weighted by molar-refractivity contribution is 0.0296. The van der Waals surface area contributed by atoms with Crippen molar-refractivity contribution in [2.24, 2.45) is 0 Å². The molecule has 35 heavy (non-hydrogen) atoms. The zero-order valence-electron chi connectivity index (χ0n) is 21.5. The molecule has 0 atom stereocenters. The second-order valence-electron chi connectivity index (χ2n) is 9.67. The van der Waals surface area contributed by atoms with E-state index in [4.69, 9.17) is 9.47 Å². The molecule has 0 bridgehead atoms. The van der Waals surface area contributed by atoms with Gasteiger partial charge in [-0.25, -0.2) is 17.9 Å². The molecule has 2 rings (SSSR count). The summed E-state index contributed by atoms with van der Waals surface area (Å²) in [6.07, 6.45) is 5.49. The molecule has 0 saturated heterocycles. The Morgan fingerprint density at radius 3 is 2.11 bits per heavy atom. The van der Waals surface area contributed by atoms with E-state index in [2.05, 4.69) is 4.72 Å². The number of nitrogens with one attached hydrogen (secondary N) is 1. The Hall–Kier alpha value is -2.58. The van der Waals surface area contributed by atoms with Gasteiger partial charge in [0.25, 0.3) is 0 Å². The predicted molar refractivity (Wildman–Crippen MR) is 139 cm³/mol. The van der Waals surface area contributed by atoms with Gasteiger partial charge in [-0.15, -0.1) is 0 Å². The largest absolute Gasteiger partial charge is 0.489 e. The van der Waals surface area contributed by atoms with Gasteiger partial charge < -0.3 is 14.4 Å². The van der Waals surface area contributed by atoms with E-state index in [1.165, 1.54) is 0 Å². The van der Waals surface area contributed by atoms with Crippen molar-refractivity contribution in [3.63, 3.8) is 0 Å². The third-order valence-electron chi connectivity index (χ3n) is 5.30. The van der Waals surface area contributed by atoms with Gasteiger partial charge in [-0.2, -0.15) is 0 Å². The summed E-state index contributed by atoms with van der Waals surface area (Å²) in [7, 11) is -1.78. The number of hydrogen-bond acceptors (Lipinski definition) is 5. The number of carbonyl (C=O) groups excluding carboxylic acids is 1. The maximum Gasteiger partial charge on any atom is 0.410 e. The number of unbranched alkanes of at least 4 members (excludes halogenated alkanes) is 5. The first-order valence-electron chi connectivity index (χ1n) is 12.3. The Morgan fingerprint density at radius 1 is 0.886 bits per heavy atom. The molecule has 1 amide bonds. The van der Waals surface area contributed by atoms with Crippen LogP contribution >= 0.6 is 0 Å². The molecule has 0 aliphatic rings. The van der Waals surface area contributed by atoms with Gasteiger partial charge in [0.05, 0.1) is 4.90 Å². The van der Waals surface area contributed by atoms with Crippen LogP contribution in [0.5, 0.6) is 5.75 Å². The molecule has 194 valence electrons. The van der Waals surface area contributed by atoms with Gasteiger partial charge in [0.1, 0.15) is 18.0 Å². The van der Waals surface area contributed by atoms with Gasteiger partial charge in [0.2, 0.25) is 10.0 Å². The van der Waals surface area contributed by atoms with E-state index in [0.29, 0.717) is 25.4 Å². The van der Waals surface area contributed by atoms with Crippen molar-refractivity contribution in [3.05, 3.63) is 60.2 Å². The van der Waals surface area contributed by atoms with E-state index in [1.807, 2.05) is 51.1 Å². The molecule has 0 aromatic heterocycles. The fraction of sp³-hybridized carbons (Fsp3) is 0.519. The number of sulfonamides is 1. The summed E-state index contributed by atoms with van der Waals surface area (Å²) in [5.41, 5.74) is 0.576. The zero-order chi connectivity index (χ0) is 25.7. The third kappa shape index (κ3) is 11.6. The Labute approximate surface area is 210 Å². The predicted octanol–water partition coefficient (Wildman–Crippen LogP) is 5.75. The molecule has 0 aliphatic heterocycles. The molecule has 0 saturated carbocycles. The number of carbonyl (C=O) groups is 1. The lowest BCUT2D eigenvalue weighted by Gasteiger charge is -2.24. The van der Waals surface area contributed by atoms with Gasteiger partial charge in [-0.1, -0.05) is 56.0 Å². The van der Waals surface area contributed by atoms with Crippen LogP contribution in [-0.2, 0) is 21.4 Å². The minimum atomic E-state index is -3.53. The van der Waals surface area contributed by atoms with Gasteiger partial charge in [-0.05, 0) is 63.4 Å². The average Bonchev–Trinajstić information content (AvgIpc) is 2.81. The Balaban J connectivity index is 1.57. The van der Waals surface area contributed by atoms with Crippen molar-refractivity contribution in [1.82, 2.24) is 9.62 Å². The summed E-state index contributed by atoms with van der Waals surface area (Å²) in [6.45, 7) is 7.10. The highest BCUT2D eigenvalue weighted by atomic mass is 32.2. The first-order valence-corrected chi connectivity index (χ1v) is 13.8. The summed E-state index contributed by atoms with van der Waals surface area (Å²) in [5.74, 6) is 0.630. The van der Waals surface area contributed by atoms with E-state index in [0.717, 1.165) is 44.1 Å². The first kappa shape index (κ1) is 28.7. The van der Waals surface area contributed by atoms with E-state index in [1.54, 1.807) is 36.2 Å². The minimum absolute atomic E-state index is 0.235. The summed E-state index contributed by atoms with van der Waals surface area (Å²) in [4.78, 5) is 13.8. The first-order chi connectivity index (χ1) is 16.6. The summed E-state index contributed by atoms with van der Waals surface area (Å²) in [5, 5.41) is 0. The highest BCUT2D eigenvalue weighted by molar-refractivity contribution is 7.89. The highest BCUT2D eigenvalue weighted by Crippen LogP contribution is 2.17. The molecule has 2 aromatic carbocycles. The van der Waals surface area contributed by atoms with Crippen LogP contribution in [-0.4, -0.2) is 45.1 Å². The van der Waals surface area contributed by atoms with Crippen LogP contribution < -0.4 is 9.46 Å². The van der Waals surface area contributed by atoms with Crippen LogP contribution in [0.3, 0.4) is 0 Å². The van der Waals surface area contributed by atoms with Crippen molar-refractivity contribution in [1.29, 1.82) is 0 Å². The Morgan fingerprint density at radius 2 is 1.49 bits per heavy atom. The molecule has 0 radical (unpaired) electrons. The molecule has 7 nitrogen and oxygen atoms in total. The number of nitrogens with zero attached hydrogens (tertiary/aromatic N) is 1. The monoisotopic (exact) mass is 504 g/mol. The zero-order valence-corrected chi connectivity index (χ0v) is 22.3. The number of amides is 1. The van der Waals surface area contributed by atoms with E-state index >= 15 is 0 Å². The molecule has 0 unspecified atom stereocenters. The molecule has 0 fully saturated rings. The van der Waals surface area contributed by atoms with Gasteiger partial charge in [0.15, 0.2) is 0 Å². The van der Waals surface area contributed by atoms with E-state index < -0.39 is 15.6 Å². The molecule has 1 N–H and O–H groups in total. The fourth-order valence-electron chi connectivity index (χ4n) is 3.36. The molecule has 8 heteroatoms. The SMILES string of the molecule is CN(CCCCCCCCNS(=O)(=O)c1ccc(OCc2ccccc2)cc1)C(=O)OC(C)(C)C. The van der Waals surface area contributed by atoms with E-state index in [9.17, 15) is 13.2 Å². The molecule has 2 aromatic rings. The topological polar surface area (TPSA) is 84.9 Å². The van der Waals surface area contributed by atoms with Crippen molar-refractivity contribution >= 4 is 16.1 Å². The Bertz CT molecular complexity index is 986. The molecular weight excluding hydrogens is 464 g/mol. The van der Waals surface area contributed by atoms with Crippen LogP contribution in [0.15, 0.2) is 59.5 Å². The highest BCUT2D eigenvalue weighted by Gasteiger charge is 2.19. The second-order valence-corrected chi connectivity index (χ2v) is 11.4. The number of hydrogen-bond donors (Lipinski definition) is 1. The lowest BCUT2D eigenvalue weighted by atomic mass is 10.1. The van der Waals surface area contributed by atoms with Crippen LogP contribution in [0.4, 0.5) is 4.79 Å². The van der Waals surface area contributed by atoms with Gasteiger partial charge >= 0.3 is 6.09 Å². The van der Waals surface area contributed by atoms with Crippen LogP contribution in [0.25, 0.3) is 0 Å². The minimum Gasteiger partial charge on any atom is -0.489 e. The van der Waals surface area contributed by atoms with E-state index in [-0.39, 0.29) is 11.0 Å². The van der Waals surface area contributed by atoms with Crippen LogP contribution in [0.2, 0.25) is 0 Å². The van der Waals surface area contributed by atoms with Crippen molar-refractivity contribution in [2.45, 2.75) is 76.4 Å². The number of rotatable bonds is 14. The smallest absolute Gasteiger partial charge is 0.410 e. The van der Waals surface area contributed by atoms with Gasteiger partial charge in [0, 0.05) is 20.1 Å². The average molecular weight is 505 g/mol. The standard InChI is InChI=1S/C27H40N2O5S/c1-27(2,3)34-26(30)29(4)21-13-8-6-5-7-12-20-28-35(31,32)25-18-16-24(17-19-25)33-22-23-14-10-9-11-15-23/h9-11,14-19,28H,5-8,12-13,20-22H2,1-4H3. The van der Waals surface area contributed by atoms with Crippen LogP contribution in [0.1, 0.15) is 64.9 Å². The van der Waals surface area contributed by atoms with Crippen molar-refractivity contribution < 1.29 is 22.7 Å². The molecule has 0 aliphatic carbocycles. The molecular formula is C27H40N2O5S. The maximum atomic E-state index is 12.5. The number of benzene rings is 2. The van der Waals surface area contributed by atoms with Crippen molar-refractivity contribution in [3.8, 4) is 5.75 Å². The normalized spacial score (nSPS) is 11.8. The molecule has 0 spiro atoms.